The van der Waals surface area contributed by atoms with Crippen molar-refractivity contribution < 1.29 is 42.8 Å². The molecule has 0 spiro atoms. The second-order valence-electron chi connectivity index (χ2n) is 7.89. The molecule has 0 bridgehead atoms. The lowest BCUT2D eigenvalue weighted by atomic mass is 10.2. The molecule has 0 N–H and O–H groups in total. The van der Waals surface area contributed by atoms with E-state index in [0.29, 0.717) is 12.1 Å². The summed E-state index contributed by atoms with van der Waals surface area (Å²) in [5.74, 6) is -0.659. The maximum absolute atomic E-state index is 13.8. The average Bonchev–Trinajstić information content (AvgIpc) is 2.87. The van der Waals surface area contributed by atoms with Crippen molar-refractivity contribution >= 4 is 20.4 Å². The van der Waals surface area contributed by atoms with Gasteiger partial charge in [0.15, 0.2) is 0 Å². The van der Waals surface area contributed by atoms with Crippen LogP contribution in [0, 0.1) is 5.82 Å². The molecule has 0 aliphatic carbocycles. The maximum Gasteiger partial charge on any atom is 0.416 e. The van der Waals surface area contributed by atoms with Crippen LogP contribution in [0.4, 0.5) is 30.7 Å². The molecule has 0 heterocycles. The van der Waals surface area contributed by atoms with Crippen LogP contribution in [0.15, 0.2) is 123 Å². The monoisotopic (exact) mass is 574 g/mol. The van der Waals surface area contributed by atoms with Crippen molar-refractivity contribution in [3.05, 3.63) is 120 Å². The van der Waals surface area contributed by atoms with Gasteiger partial charge in [-0.3, -0.25) is 0 Å². The molecule has 0 amide bonds. The van der Waals surface area contributed by atoms with Gasteiger partial charge in [-0.25, -0.2) is 8.02 Å². The van der Waals surface area contributed by atoms with Crippen molar-refractivity contribution in [3.63, 3.8) is 0 Å². The Kier molecular flexibility index (Phi) is 7.34. The van der Waals surface area contributed by atoms with Crippen LogP contribution in [0.1, 0.15) is 11.1 Å². The van der Waals surface area contributed by atoms with Gasteiger partial charge in [-0.2, -0.15) is 34.8 Å². The largest absolute Gasteiger partial charge is 0.416 e. The summed E-state index contributed by atoms with van der Waals surface area (Å²) in [7, 11) is -8.22. The van der Waals surface area contributed by atoms with Gasteiger partial charge < -0.3 is 0 Å². The van der Waals surface area contributed by atoms with E-state index in [4.69, 9.17) is 3.63 Å². The Hall–Kier alpha value is -3.35. The van der Waals surface area contributed by atoms with E-state index in [-0.39, 0.29) is 14.7 Å². The highest BCUT2D eigenvalue weighted by atomic mass is 32.3. The van der Waals surface area contributed by atoms with E-state index in [2.05, 4.69) is 0 Å². The zero-order valence-electron chi connectivity index (χ0n) is 19.0. The molecule has 38 heavy (non-hydrogen) atoms. The van der Waals surface area contributed by atoms with Crippen LogP contribution in [-0.2, 0) is 26.1 Å². The van der Waals surface area contributed by atoms with Gasteiger partial charge in [-0.05, 0) is 95.2 Å². The predicted molar refractivity (Wildman–Crippen MR) is 126 cm³/mol. The highest BCUT2D eigenvalue weighted by Crippen LogP contribution is 2.70. The summed E-state index contributed by atoms with van der Waals surface area (Å²) in [6, 6.07) is 18.6. The zero-order chi connectivity index (χ0) is 27.8. The van der Waals surface area contributed by atoms with Crippen molar-refractivity contribution in [1.29, 1.82) is 0 Å². The maximum atomic E-state index is 13.8. The van der Waals surface area contributed by atoms with Crippen LogP contribution < -0.4 is 0 Å². The molecular formula is C26H17F7O3S2. The van der Waals surface area contributed by atoms with E-state index in [9.17, 15) is 39.2 Å². The molecule has 4 rings (SSSR count). The van der Waals surface area contributed by atoms with E-state index in [1.54, 1.807) is 18.2 Å². The van der Waals surface area contributed by atoms with E-state index in [1.165, 1.54) is 24.3 Å². The van der Waals surface area contributed by atoms with E-state index < -0.39 is 54.6 Å². The molecule has 1 atom stereocenters. The van der Waals surface area contributed by atoms with Gasteiger partial charge in [0.1, 0.15) is 5.82 Å². The highest BCUT2D eigenvalue weighted by molar-refractivity contribution is 8.33. The number of hydrogen-bond donors (Lipinski definition) is 0. The lowest BCUT2D eigenvalue weighted by Gasteiger charge is -2.39. The van der Waals surface area contributed by atoms with Gasteiger partial charge >= 0.3 is 22.5 Å². The quantitative estimate of drug-likeness (QED) is 0.217. The minimum absolute atomic E-state index is 0.0267. The Balaban J connectivity index is 1.96. The summed E-state index contributed by atoms with van der Waals surface area (Å²) in [5, 5.41) is 0. The number of hydrogen-bond acceptors (Lipinski definition) is 3. The molecule has 3 nitrogen and oxygen atoms in total. The molecule has 0 aromatic heterocycles. The van der Waals surface area contributed by atoms with E-state index in [1.807, 2.05) is 0 Å². The first kappa shape index (κ1) is 27.7. The van der Waals surface area contributed by atoms with Crippen LogP contribution in [0.25, 0.3) is 0 Å². The summed E-state index contributed by atoms with van der Waals surface area (Å²) < 4.78 is 125. The number of halogens is 7. The molecule has 1 unspecified atom stereocenters. The second kappa shape index (κ2) is 10.1. The molecule has 12 heteroatoms. The number of alkyl halides is 6. The van der Waals surface area contributed by atoms with Crippen molar-refractivity contribution in [3.8, 4) is 0 Å². The van der Waals surface area contributed by atoms with Gasteiger partial charge in [-0.15, -0.1) is 0 Å². The molecule has 0 aliphatic heterocycles. The lowest BCUT2D eigenvalue weighted by molar-refractivity contribution is -0.138. The standard InChI is InChI=1S/C26H17F7O3S2/c27-20-10-16-23(17-11-20)37(21-4-2-1-3-5-21,22-12-6-18(7-13-22)25(28,29)30)36-38(34,35)24-14-8-19(9-15-24)26(31,32)33/h1-17H. The molecule has 200 valence electrons. The van der Waals surface area contributed by atoms with Gasteiger partial charge in [0.05, 0.1) is 16.0 Å². The smallest absolute Gasteiger partial charge is 0.207 e. The van der Waals surface area contributed by atoms with Crippen LogP contribution >= 0.6 is 10.3 Å². The normalized spacial score (nSPS) is 15.0. The van der Waals surface area contributed by atoms with Crippen molar-refractivity contribution in [2.24, 2.45) is 0 Å². The minimum Gasteiger partial charge on any atom is -0.207 e. The fourth-order valence-corrected chi connectivity index (χ4v) is 8.78. The summed E-state index contributed by atoms with van der Waals surface area (Å²) in [4.78, 5) is -0.215. The fourth-order valence-electron chi connectivity index (χ4n) is 3.58. The summed E-state index contributed by atoms with van der Waals surface area (Å²) >= 11 is 0. The van der Waals surface area contributed by atoms with Gasteiger partial charge in [0.2, 0.25) is 0 Å². The molecule has 0 saturated heterocycles. The first-order valence-corrected chi connectivity index (χ1v) is 13.6. The van der Waals surface area contributed by atoms with Crippen LogP contribution in [0.2, 0.25) is 0 Å². The fraction of sp³-hybridized carbons (Fsp3) is 0.0769. The molecule has 0 fully saturated rings. The Morgan fingerprint density at radius 3 is 1.29 bits per heavy atom. The Bertz CT molecular complexity index is 1500. The molecule has 4 aromatic carbocycles. The molecule has 0 aliphatic rings. The third-order valence-corrected chi connectivity index (χ3v) is 10.6. The highest BCUT2D eigenvalue weighted by Gasteiger charge is 2.40. The molecular weight excluding hydrogens is 557 g/mol. The van der Waals surface area contributed by atoms with Crippen LogP contribution in [0.3, 0.4) is 0 Å². The molecule has 0 saturated carbocycles. The van der Waals surface area contributed by atoms with Gasteiger partial charge in [0.25, 0.3) is 0 Å². The lowest BCUT2D eigenvalue weighted by Crippen LogP contribution is -2.15. The van der Waals surface area contributed by atoms with E-state index >= 15 is 0 Å². The molecule has 0 radical (unpaired) electrons. The number of rotatable bonds is 6. The van der Waals surface area contributed by atoms with Crippen molar-refractivity contribution in [2.75, 3.05) is 0 Å². The van der Waals surface area contributed by atoms with Crippen molar-refractivity contribution in [1.82, 2.24) is 0 Å². The summed E-state index contributed by atoms with van der Waals surface area (Å²) in [5.41, 5.74) is -2.08. The zero-order valence-corrected chi connectivity index (χ0v) is 20.6. The van der Waals surface area contributed by atoms with Crippen LogP contribution in [-0.4, -0.2) is 8.42 Å². The SMILES string of the molecule is O=S(=O)(OS(c1ccccc1)(c1ccc(F)cc1)c1ccc(C(F)(F)F)cc1)c1ccc(C(F)(F)F)cc1. The van der Waals surface area contributed by atoms with Crippen LogP contribution in [0.5, 0.6) is 0 Å². The molecule has 4 aromatic rings. The first-order chi connectivity index (χ1) is 17.7. The third-order valence-electron chi connectivity index (χ3n) is 5.40. The van der Waals surface area contributed by atoms with E-state index in [0.717, 1.165) is 48.5 Å². The topological polar surface area (TPSA) is 43.4 Å². The third kappa shape index (κ3) is 5.57. The van der Waals surface area contributed by atoms with Gasteiger partial charge in [-0.1, -0.05) is 18.2 Å². The summed E-state index contributed by atoms with van der Waals surface area (Å²) in [6.45, 7) is 0. The minimum atomic E-state index is -4.82. The summed E-state index contributed by atoms with van der Waals surface area (Å²) in [6.07, 6.45) is -9.39. The van der Waals surface area contributed by atoms with Crippen molar-refractivity contribution in [2.45, 2.75) is 31.9 Å². The Morgan fingerprint density at radius 2 is 0.868 bits per heavy atom. The predicted octanol–water partition coefficient (Wildman–Crippen LogP) is 8.47. The Morgan fingerprint density at radius 1 is 0.500 bits per heavy atom. The van der Waals surface area contributed by atoms with Gasteiger partial charge in [0, 0.05) is 14.7 Å². The first-order valence-electron chi connectivity index (χ1n) is 10.7. The Labute approximate surface area is 215 Å². The second-order valence-corrected chi connectivity index (χ2v) is 12.3. The number of benzene rings is 4. The average molecular weight is 575 g/mol.